The fourth-order valence-electron chi connectivity index (χ4n) is 1.67. The Balaban J connectivity index is 2.37. The van der Waals surface area contributed by atoms with E-state index in [0.29, 0.717) is 11.3 Å². The molecule has 0 unspecified atom stereocenters. The van der Waals surface area contributed by atoms with E-state index < -0.39 is 0 Å². The van der Waals surface area contributed by atoms with Gasteiger partial charge in [-0.1, -0.05) is 0 Å². The summed E-state index contributed by atoms with van der Waals surface area (Å²) in [4.78, 5) is 16.4. The topological polar surface area (TPSA) is 39.2 Å². The van der Waals surface area contributed by atoms with Crippen LogP contribution in [0.2, 0.25) is 0 Å². The molecule has 0 spiro atoms. The second kappa shape index (κ2) is 5.31. The molecule has 0 saturated heterocycles. The van der Waals surface area contributed by atoms with Gasteiger partial charge in [-0.15, -0.1) is 0 Å². The average molecular weight is 306 g/mol. The zero-order valence-electron chi connectivity index (χ0n) is 10.1. The fourth-order valence-corrected chi connectivity index (χ4v) is 1.90. The first kappa shape index (κ1) is 12.8. The van der Waals surface area contributed by atoms with E-state index in [1.54, 1.807) is 37.6 Å². The maximum Gasteiger partial charge on any atom is 0.211 e. The number of nitrogens with zero attached hydrogens (tertiary/aromatic N) is 1. The molecule has 3 nitrogen and oxygen atoms in total. The summed E-state index contributed by atoms with van der Waals surface area (Å²) < 4.78 is 5.97. The number of methoxy groups -OCH3 is 1. The second-order valence-electron chi connectivity index (χ2n) is 3.87. The van der Waals surface area contributed by atoms with E-state index in [9.17, 15) is 4.79 Å². The molecule has 1 heterocycles. The van der Waals surface area contributed by atoms with Crippen LogP contribution >= 0.6 is 15.9 Å². The zero-order chi connectivity index (χ0) is 13.1. The van der Waals surface area contributed by atoms with Crippen molar-refractivity contribution in [1.82, 2.24) is 4.98 Å². The van der Waals surface area contributed by atoms with Gasteiger partial charge in [0.2, 0.25) is 5.78 Å². The van der Waals surface area contributed by atoms with Crippen molar-refractivity contribution in [2.45, 2.75) is 6.92 Å². The first-order valence-corrected chi connectivity index (χ1v) is 6.22. The maximum absolute atomic E-state index is 12.3. The minimum Gasteiger partial charge on any atom is -0.497 e. The summed E-state index contributed by atoms with van der Waals surface area (Å²) in [7, 11) is 1.60. The SMILES string of the molecule is COc1ccc(C(=O)c2ccc(Br)cn2)c(C)c1. The van der Waals surface area contributed by atoms with E-state index in [2.05, 4.69) is 20.9 Å². The first-order chi connectivity index (χ1) is 8.61. The summed E-state index contributed by atoms with van der Waals surface area (Å²) in [5.74, 6) is 0.662. The Hall–Kier alpha value is -1.68. The molecule has 0 fully saturated rings. The third-order valence-electron chi connectivity index (χ3n) is 2.64. The second-order valence-corrected chi connectivity index (χ2v) is 4.79. The van der Waals surface area contributed by atoms with E-state index in [-0.39, 0.29) is 5.78 Å². The molecule has 18 heavy (non-hydrogen) atoms. The third-order valence-corrected chi connectivity index (χ3v) is 3.11. The van der Waals surface area contributed by atoms with E-state index in [0.717, 1.165) is 15.8 Å². The zero-order valence-corrected chi connectivity index (χ0v) is 11.7. The van der Waals surface area contributed by atoms with Crippen LogP contribution < -0.4 is 4.74 Å². The van der Waals surface area contributed by atoms with Gasteiger partial charge in [0.1, 0.15) is 11.4 Å². The van der Waals surface area contributed by atoms with Crippen LogP contribution in [-0.2, 0) is 0 Å². The predicted molar refractivity (Wildman–Crippen MR) is 73.1 cm³/mol. The molecular weight excluding hydrogens is 294 g/mol. The minimum atomic E-state index is -0.0809. The Morgan fingerprint density at radius 1 is 1.28 bits per heavy atom. The van der Waals surface area contributed by atoms with E-state index in [1.165, 1.54) is 0 Å². The molecular formula is C14H12BrNO2. The first-order valence-electron chi connectivity index (χ1n) is 5.42. The van der Waals surface area contributed by atoms with Crippen molar-refractivity contribution in [3.63, 3.8) is 0 Å². The number of rotatable bonds is 3. The number of hydrogen-bond acceptors (Lipinski definition) is 3. The number of ketones is 1. The summed E-state index contributed by atoms with van der Waals surface area (Å²) in [6.07, 6.45) is 1.62. The van der Waals surface area contributed by atoms with Crippen LogP contribution in [0.1, 0.15) is 21.6 Å². The molecule has 1 aromatic heterocycles. The van der Waals surface area contributed by atoms with Crippen molar-refractivity contribution in [3.8, 4) is 5.75 Å². The van der Waals surface area contributed by atoms with E-state index >= 15 is 0 Å². The van der Waals surface area contributed by atoms with Gasteiger partial charge in [0.25, 0.3) is 0 Å². The van der Waals surface area contributed by atoms with Gasteiger partial charge in [-0.05, 0) is 58.7 Å². The summed E-state index contributed by atoms with van der Waals surface area (Å²) in [5.41, 5.74) is 1.96. The van der Waals surface area contributed by atoms with Crippen LogP contribution in [0.3, 0.4) is 0 Å². The lowest BCUT2D eigenvalue weighted by Gasteiger charge is -2.07. The molecule has 0 amide bonds. The van der Waals surface area contributed by atoms with Crippen molar-refractivity contribution in [2.75, 3.05) is 7.11 Å². The van der Waals surface area contributed by atoms with Crippen molar-refractivity contribution in [1.29, 1.82) is 0 Å². The minimum absolute atomic E-state index is 0.0809. The van der Waals surface area contributed by atoms with Gasteiger partial charge in [-0.3, -0.25) is 9.78 Å². The van der Waals surface area contributed by atoms with Gasteiger partial charge in [0, 0.05) is 16.2 Å². The largest absolute Gasteiger partial charge is 0.497 e. The Labute approximate surface area is 114 Å². The normalized spacial score (nSPS) is 10.2. The molecule has 1 aromatic carbocycles. The summed E-state index contributed by atoms with van der Waals surface area (Å²) in [6, 6.07) is 8.89. The lowest BCUT2D eigenvalue weighted by atomic mass is 10.0. The average Bonchev–Trinajstić information content (AvgIpc) is 2.38. The number of benzene rings is 1. The monoisotopic (exact) mass is 305 g/mol. The molecule has 92 valence electrons. The number of carbonyl (C=O) groups excluding carboxylic acids is 1. The smallest absolute Gasteiger partial charge is 0.211 e. The number of ether oxygens (including phenoxy) is 1. The van der Waals surface area contributed by atoms with Crippen LogP contribution in [0.4, 0.5) is 0 Å². The van der Waals surface area contributed by atoms with Gasteiger partial charge in [0.15, 0.2) is 0 Å². The molecule has 0 aliphatic carbocycles. The van der Waals surface area contributed by atoms with Gasteiger partial charge in [-0.2, -0.15) is 0 Å². The number of hydrogen-bond donors (Lipinski definition) is 0. The molecule has 2 rings (SSSR count). The van der Waals surface area contributed by atoms with Crippen LogP contribution in [0, 0.1) is 6.92 Å². The van der Waals surface area contributed by atoms with Crippen molar-refractivity contribution < 1.29 is 9.53 Å². The van der Waals surface area contributed by atoms with Crippen molar-refractivity contribution in [3.05, 3.63) is 57.8 Å². The Kier molecular flexibility index (Phi) is 3.77. The molecule has 0 aliphatic rings. The van der Waals surface area contributed by atoms with Gasteiger partial charge in [0.05, 0.1) is 7.11 Å². The molecule has 0 atom stereocenters. The molecule has 2 aromatic rings. The van der Waals surface area contributed by atoms with Gasteiger partial charge in [-0.25, -0.2) is 0 Å². The van der Waals surface area contributed by atoms with Gasteiger partial charge < -0.3 is 4.74 Å². The van der Waals surface area contributed by atoms with Crippen LogP contribution in [0.15, 0.2) is 41.0 Å². The quantitative estimate of drug-likeness (QED) is 0.816. The number of halogens is 1. The number of aromatic nitrogens is 1. The molecule has 0 bridgehead atoms. The van der Waals surface area contributed by atoms with E-state index in [1.807, 2.05) is 13.0 Å². The molecule has 0 radical (unpaired) electrons. The van der Waals surface area contributed by atoms with Crippen molar-refractivity contribution >= 4 is 21.7 Å². The molecule has 4 heteroatoms. The lowest BCUT2D eigenvalue weighted by Crippen LogP contribution is -2.05. The predicted octanol–water partition coefficient (Wildman–Crippen LogP) is 3.39. The van der Waals surface area contributed by atoms with Crippen LogP contribution in [0.25, 0.3) is 0 Å². The maximum atomic E-state index is 12.3. The van der Waals surface area contributed by atoms with Crippen LogP contribution in [-0.4, -0.2) is 17.9 Å². The Bertz CT molecular complexity index is 579. The molecule has 0 N–H and O–H groups in total. The summed E-state index contributed by atoms with van der Waals surface area (Å²) in [6.45, 7) is 1.88. The molecule has 0 saturated carbocycles. The van der Waals surface area contributed by atoms with E-state index in [4.69, 9.17) is 4.74 Å². The standard InChI is InChI=1S/C14H12BrNO2/c1-9-7-11(18-2)4-5-12(9)14(17)13-6-3-10(15)8-16-13/h3-8H,1-2H3. The van der Waals surface area contributed by atoms with Crippen molar-refractivity contribution in [2.24, 2.45) is 0 Å². The molecule has 0 aliphatic heterocycles. The summed E-state index contributed by atoms with van der Waals surface area (Å²) in [5, 5.41) is 0. The van der Waals surface area contributed by atoms with Crippen LogP contribution in [0.5, 0.6) is 5.75 Å². The highest BCUT2D eigenvalue weighted by molar-refractivity contribution is 9.10. The highest BCUT2D eigenvalue weighted by atomic mass is 79.9. The number of carbonyl (C=O) groups is 1. The number of aryl methyl sites for hydroxylation is 1. The highest BCUT2D eigenvalue weighted by Gasteiger charge is 2.13. The Morgan fingerprint density at radius 2 is 2.06 bits per heavy atom. The lowest BCUT2D eigenvalue weighted by molar-refractivity contribution is 0.103. The third kappa shape index (κ3) is 2.59. The van der Waals surface area contributed by atoms with Gasteiger partial charge >= 0.3 is 0 Å². The Morgan fingerprint density at radius 3 is 2.61 bits per heavy atom. The highest BCUT2D eigenvalue weighted by Crippen LogP contribution is 2.19. The summed E-state index contributed by atoms with van der Waals surface area (Å²) >= 11 is 3.29. The number of pyridine rings is 1. The fraction of sp³-hybridized carbons (Fsp3) is 0.143.